The lowest BCUT2D eigenvalue weighted by atomic mass is 10.2. The molecule has 0 unspecified atom stereocenters. The highest BCUT2D eigenvalue weighted by Gasteiger charge is 2.05. The van der Waals surface area contributed by atoms with E-state index in [1.807, 2.05) is 0 Å². The lowest BCUT2D eigenvalue weighted by Crippen LogP contribution is -2.19. The number of rotatable bonds is 4. The summed E-state index contributed by atoms with van der Waals surface area (Å²) in [7, 11) is 1.41. The Hall–Kier alpha value is -2.67. The normalized spacial score (nSPS) is 9.87. The van der Waals surface area contributed by atoms with Crippen molar-refractivity contribution in [3.05, 3.63) is 48.3 Å². The summed E-state index contributed by atoms with van der Waals surface area (Å²) in [6, 6.07) is 11.5. The third-order valence-electron chi connectivity index (χ3n) is 2.87. The number of methoxy groups -OCH3 is 1. The quantitative estimate of drug-likeness (QED) is 0.746. The number of anilines is 3. The van der Waals surface area contributed by atoms with Crippen molar-refractivity contribution in [3.8, 4) is 5.75 Å². The highest BCUT2D eigenvalue weighted by atomic mass is 32.1. The van der Waals surface area contributed by atoms with Crippen LogP contribution in [0.25, 0.3) is 0 Å². The Balaban J connectivity index is 1.96. The smallest absolute Gasteiger partial charge is 0.221 e. The van der Waals surface area contributed by atoms with Gasteiger partial charge in [0.25, 0.3) is 0 Å². The monoisotopic (exact) mass is 333 g/mol. The van der Waals surface area contributed by atoms with E-state index in [1.54, 1.807) is 30.3 Å². The molecule has 1 amide bonds. The lowest BCUT2D eigenvalue weighted by molar-refractivity contribution is -0.114. The van der Waals surface area contributed by atoms with E-state index in [4.69, 9.17) is 17.0 Å². The van der Waals surface area contributed by atoms with Gasteiger partial charge >= 0.3 is 0 Å². The average molecular weight is 333 g/mol. The van der Waals surface area contributed by atoms with Crippen LogP contribution in [0.3, 0.4) is 0 Å². The molecule has 0 saturated heterocycles. The number of nitrogens with one attached hydrogen (secondary N) is 3. The fraction of sp³-hybridized carbons (Fsp3) is 0.125. The van der Waals surface area contributed by atoms with Gasteiger partial charge in [-0.15, -0.1) is 0 Å². The minimum Gasteiger partial charge on any atom is -0.494 e. The molecule has 23 heavy (non-hydrogen) atoms. The molecular formula is C16H16FN3O2S. The molecule has 0 heterocycles. The molecule has 0 aliphatic rings. The number of hydrogen-bond acceptors (Lipinski definition) is 3. The molecule has 0 saturated carbocycles. The maximum atomic E-state index is 13.6. The molecule has 2 aromatic rings. The molecule has 0 aliphatic carbocycles. The van der Waals surface area contributed by atoms with Gasteiger partial charge in [-0.25, -0.2) is 4.39 Å². The molecule has 0 fully saturated rings. The fourth-order valence-electron chi connectivity index (χ4n) is 1.88. The predicted molar refractivity (Wildman–Crippen MR) is 93.5 cm³/mol. The summed E-state index contributed by atoms with van der Waals surface area (Å²) >= 11 is 5.18. The summed E-state index contributed by atoms with van der Waals surface area (Å²) in [4.78, 5) is 11.0. The molecule has 2 rings (SSSR count). The summed E-state index contributed by atoms with van der Waals surface area (Å²) in [5, 5.41) is 8.85. The topological polar surface area (TPSA) is 62.4 Å². The molecule has 120 valence electrons. The number of amides is 1. The van der Waals surface area contributed by atoms with Gasteiger partial charge in [-0.3, -0.25) is 4.79 Å². The van der Waals surface area contributed by atoms with Gasteiger partial charge in [0.2, 0.25) is 5.91 Å². The Labute approximate surface area is 138 Å². The van der Waals surface area contributed by atoms with E-state index >= 15 is 0 Å². The lowest BCUT2D eigenvalue weighted by Gasteiger charge is -2.12. The molecule has 0 spiro atoms. The van der Waals surface area contributed by atoms with E-state index in [1.165, 1.54) is 26.2 Å². The van der Waals surface area contributed by atoms with E-state index < -0.39 is 5.82 Å². The minimum atomic E-state index is -0.472. The summed E-state index contributed by atoms with van der Waals surface area (Å²) in [6.45, 7) is 1.44. The molecule has 2 aromatic carbocycles. The van der Waals surface area contributed by atoms with Crippen LogP contribution in [0.15, 0.2) is 42.5 Å². The maximum absolute atomic E-state index is 13.6. The van der Waals surface area contributed by atoms with Gasteiger partial charge in [-0.1, -0.05) is 0 Å². The first-order valence-electron chi connectivity index (χ1n) is 6.77. The predicted octanol–water partition coefficient (Wildman–Crippen LogP) is 3.60. The number of ether oxygens (including phenoxy) is 1. The van der Waals surface area contributed by atoms with Crippen molar-refractivity contribution < 1.29 is 13.9 Å². The van der Waals surface area contributed by atoms with Gasteiger partial charge in [-0.2, -0.15) is 0 Å². The molecule has 0 bridgehead atoms. The van der Waals surface area contributed by atoms with Crippen LogP contribution in [-0.4, -0.2) is 18.1 Å². The summed E-state index contributed by atoms with van der Waals surface area (Å²) < 4.78 is 18.5. The second kappa shape index (κ2) is 7.55. The van der Waals surface area contributed by atoms with Gasteiger partial charge in [-0.05, 0) is 48.6 Å². The van der Waals surface area contributed by atoms with Gasteiger partial charge < -0.3 is 20.7 Å². The second-order valence-corrected chi connectivity index (χ2v) is 5.10. The molecule has 5 nitrogen and oxygen atoms in total. The largest absolute Gasteiger partial charge is 0.494 e. The van der Waals surface area contributed by atoms with Gasteiger partial charge in [0.15, 0.2) is 16.7 Å². The first-order valence-corrected chi connectivity index (χ1v) is 7.18. The van der Waals surface area contributed by atoms with Crippen LogP contribution in [0.2, 0.25) is 0 Å². The van der Waals surface area contributed by atoms with E-state index in [9.17, 15) is 9.18 Å². The Morgan fingerprint density at radius 1 is 1.00 bits per heavy atom. The number of benzene rings is 2. The number of halogens is 1. The Bertz CT molecular complexity index is 720. The molecule has 0 aliphatic heterocycles. The van der Waals surface area contributed by atoms with Crippen LogP contribution in [0, 0.1) is 5.82 Å². The van der Waals surface area contributed by atoms with Crippen molar-refractivity contribution in [2.45, 2.75) is 6.92 Å². The minimum absolute atomic E-state index is 0.135. The molecule has 7 heteroatoms. The van der Waals surface area contributed by atoms with E-state index in [0.29, 0.717) is 16.5 Å². The molecule has 0 atom stereocenters. The molecule has 0 aromatic heterocycles. The van der Waals surface area contributed by atoms with Crippen molar-refractivity contribution in [2.24, 2.45) is 0 Å². The van der Waals surface area contributed by atoms with E-state index in [-0.39, 0.29) is 11.7 Å². The van der Waals surface area contributed by atoms with Crippen LogP contribution < -0.4 is 20.7 Å². The number of thiocarbonyl (C=S) groups is 1. The van der Waals surface area contributed by atoms with Crippen molar-refractivity contribution in [1.29, 1.82) is 0 Å². The molecule has 3 N–H and O–H groups in total. The van der Waals surface area contributed by atoms with Crippen LogP contribution in [0.1, 0.15) is 6.92 Å². The highest BCUT2D eigenvalue weighted by molar-refractivity contribution is 7.80. The highest BCUT2D eigenvalue weighted by Crippen LogP contribution is 2.21. The zero-order valence-corrected chi connectivity index (χ0v) is 13.5. The number of carbonyl (C=O) groups is 1. The second-order valence-electron chi connectivity index (χ2n) is 4.69. The maximum Gasteiger partial charge on any atom is 0.221 e. The Morgan fingerprint density at radius 3 is 2.04 bits per heavy atom. The van der Waals surface area contributed by atoms with Crippen LogP contribution in [0.4, 0.5) is 21.5 Å². The summed E-state index contributed by atoms with van der Waals surface area (Å²) in [5.41, 5.74) is 1.94. The number of hydrogen-bond donors (Lipinski definition) is 3. The van der Waals surface area contributed by atoms with Gasteiger partial charge in [0.05, 0.1) is 7.11 Å². The van der Waals surface area contributed by atoms with Crippen molar-refractivity contribution in [3.63, 3.8) is 0 Å². The van der Waals surface area contributed by atoms with E-state index in [2.05, 4.69) is 16.0 Å². The van der Waals surface area contributed by atoms with Crippen LogP contribution in [-0.2, 0) is 4.79 Å². The third kappa shape index (κ3) is 4.93. The van der Waals surface area contributed by atoms with Gasteiger partial charge in [0.1, 0.15) is 0 Å². The Kier molecular flexibility index (Phi) is 5.48. The van der Waals surface area contributed by atoms with Crippen molar-refractivity contribution in [2.75, 3.05) is 23.1 Å². The van der Waals surface area contributed by atoms with Crippen LogP contribution >= 0.6 is 12.2 Å². The summed E-state index contributed by atoms with van der Waals surface area (Å²) in [6.07, 6.45) is 0. The van der Waals surface area contributed by atoms with Gasteiger partial charge in [0, 0.05) is 30.1 Å². The fourth-order valence-corrected chi connectivity index (χ4v) is 2.11. The third-order valence-corrected chi connectivity index (χ3v) is 3.08. The average Bonchev–Trinajstić information content (AvgIpc) is 2.49. The van der Waals surface area contributed by atoms with Crippen LogP contribution in [0.5, 0.6) is 5.75 Å². The first-order chi connectivity index (χ1) is 11.0. The first kappa shape index (κ1) is 16.7. The standard InChI is InChI=1S/C16H16FN3O2S/c1-10(21)18-11-3-5-12(6-4-11)19-16(23)20-13-7-8-15(22-2)14(17)9-13/h3-9H,1-2H3,(H,18,21)(H2,19,20,23). The van der Waals surface area contributed by atoms with Crippen molar-refractivity contribution >= 4 is 40.3 Å². The van der Waals surface area contributed by atoms with E-state index in [0.717, 1.165) is 5.69 Å². The molecule has 0 radical (unpaired) electrons. The number of carbonyl (C=O) groups excluding carboxylic acids is 1. The zero-order chi connectivity index (χ0) is 16.8. The van der Waals surface area contributed by atoms with Crippen molar-refractivity contribution in [1.82, 2.24) is 0 Å². The SMILES string of the molecule is COc1ccc(NC(=S)Nc2ccc(NC(C)=O)cc2)cc1F. The Morgan fingerprint density at radius 2 is 1.52 bits per heavy atom. The summed E-state index contributed by atoms with van der Waals surface area (Å²) in [5.74, 6) is -0.438. The molecular weight excluding hydrogens is 317 g/mol. The zero-order valence-electron chi connectivity index (χ0n) is 12.6.